The summed E-state index contributed by atoms with van der Waals surface area (Å²) in [5, 5.41) is 12.6. The van der Waals surface area contributed by atoms with E-state index in [1.165, 1.54) is 37.5 Å². The van der Waals surface area contributed by atoms with Crippen LogP contribution in [0.5, 0.6) is 5.75 Å². The van der Waals surface area contributed by atoms with Gasteiger partial charge in [0.1, 0.15) is 5.75 Å². The lowest BCUT2D eigenvalue weighted by Crippen LogP contribution is -2.20. The van der Waals surface area contributed by atoms with E-state index in [0.717, 1.165) is 12.3 Å². The average Bonchev–Trinajstić information content (AvgIpc) is 3.12. The Hall–Kier alpha value is -1.56. The molecule has 0 radical (unpaired) electrons. The summed E-state index contributed by atoms with van der Waals surface area (Å²) in [5.74, 6) is 1.59. The molecule has 0 aliphatic heterocycles. The molecule has 0 spiro atoms. The van der Waals surface area contributed by atoms with Gasteiger partial charge in [-0.25, -0.2) is 8.42 Å². The van der Waals surface area contributed by atoms with Crippen molar-refractivity contribution >= 4 is 21.4 Å². The van der Waals surface area contributed by atoms with Gasteiger partial charge in [0.25, 0.3) is 0 Å². The first-order valence-electron chi connectivity index (χ1n) is 8.24. The highest BCUT2D eigenvalue weighted by Crippen LogP contribution is 2.49. The third kappa shape index (κ3) is 3.37. The standard InChI is InChI=1S/C17H23NO4S/c1-2-23(21,22)14-5-6-16(19)15(10-14)18-17(20)9-13-8-11-3-4-12(13)7-11/h5-6,10-13,19H,2-4,7-9H2,1H3,(H,18,20)/t11-,12-,13-/m1/s1. The minimum Gasteiger partial charge on any atom is -0.506 e. The van der Waals surface area contributed by atoms with Crippen LogP contribution in [-0.4, -0.2) is 25.2 Å². The van der Waals surface area contributed by atoms with Crippen molar-refractivity contribution in [3.05, 3.63) is 18.2 Å². The van der Waals surface area contributed by atoms with Crippen molar-refractivity contribution in [2.24, 2.45) is 17.8 Å². The van der Waals surface area contributed by atoms with Crippen molar-refractivity contribution in [1.29, 1.82) is 0 Å². The van der Waals surface area contributed by atoms with Gasteiger partial charge in [0.15, 0.2) is 9.84 Å². The van der Waals surface area contributed by atoms with E-state index in [2.05, 4.69) is 5.32 Å². The highest BCUT2D eigenvalue weighted by molar-refractivity contribution is 7.91. The van der Waals surface area contributed by atoms with Crippen LogP contribution in [0, 0.1) is 17.8 Å². The molecule has 6 heteroatoms. The van der Waals surface area contributed by atoms with Gasteiger partial charge in [0.05, 0.1) is 16.3 Å². The minimum absolute atomic E-state index is 0.0176. The summed E-state index contributed by atoms with van der Waals surface area (Å²) in [4.78, 5) is 12.4. The summed E-state index contributed by atoms with van der Waals surface area (Å²) in [6.07, 6.45) is 5.33. The van der Waals surface area contributed by atoms with Crippen LogP contribution in [0.1, 0.15) is 39.0 Å². The molecule has 0 saturated heterocycles. The number of rotatable bonds is 5. The topological polar surface area (TPSA) is 83.5 Å². The minimum atomic E-state index is -3.36. The van der Waals surface area contributed by atoms with Crippen molar-refractivity contribution in [3.63, 3.8) is 0 Å². The number of phenols is 1. The summed E-state index contributed by atoms with van der Waals surface area (Å²) in [6, 6.07) is 4.02. The van der Waals surface area contributed by atoms with Crippen LogP contribution < -0.4 is 5.32 Å². The lowest BCUT2D eigenvalue weighted by atomic mass is 9.86. The third-order valence-electron chi connectivity index (χ3n) is 5.31. The monoisotopic (exact) mass is 337 g/mol. The predicted molar refractivity (Wildman–Crippen MR) is 88.0 cm³/mol. The Kier molecular flexibility index (Phi) is 4.36. The van der Waals surface area contributed by atoms with Gasteiger partial charge in [-0.1, -0.05) is 13.3 Å². The van der Waals surface area contributed by atoms with E-state index in [1.807, 2.05) is 0 Å². The molecule has 1 aromatic rings. The number of nitrogens with one attached hydrogen (secondary N) is 1. The quantitative estimate of drug-likeness (QED) is 0.809. The molecule has 23 heavy (non-hydrogen) atoms. The molecule has 3 atom stereocenters. The van der Waals surface area contributed by atoms with E-state index in [4.69, 9.17) is 0 Å². The molecule has 126 valence electrons. The SMILES string of the molecule is CCS(=O)(=O)c1ccc(O)c(NC(=O)C[C@H]2C[C@@H]3CC[C@@H]2C3)c1. The van der Waals surface area contributed by atoms with Crippen LogP contribution in [0.15, 0.2) is 23.1 Å². The zero-order valence-electron chi connectivity index (χ0n) is 13.3. The number of anilines is 1. The Morgan fingerprint density at radius 1 is 1.30 bits per heavy atom. The average molecular weight is 337 g/mol. The maximum atomic E-state index is 12.3. The van der Waals surface area contributed by atoms with Crippen molar-refractivity contribution < 1.29 is 18.3 Å². The number of hydrogen-bond acceptors (Lipinski definition) is 4. The van der Waals surface area contributed by atoms with Crippen LogP contribution in [0.4, 0.5) is 5.69 Å². The first-order chi connectivity index (χ1) is 10.9. The summed E-state index contributed by atoms with van der Waals surface area (Å²) >= 11 is 0. The molecule has 0 heterocycles. The van der Waals surface area contributed by atoms with Crippen LogP contribution in [0.3, 0.4) is 0 Å². The van der Waals surface area contributed by atoms with E-state index in [0.29, 0.717) is 18.3 Å². The number of carbonyl (C=O) groups excluding carboxylic acids is 1. The molecule has 1 amide bonds. The first kappa shape index (κ1) is 16.3. The number of fused-ring (bicyclic) bond motifs is 2. The van der Waals surface area contributed by atoms with Crippen LogP contribution in [-0.2, 0) is 14.6 Å². The summed E-state index contributed by atoms with van der Waals surface area (Å²) in [5.41, 5.74) is 0.174. The Balaban J connectivity index is 1.69. The summed E-state index contributed by atoms with van der Waals surface area (Å²) < 4.78 is 23.8. The van der Waals surface area contributed by atoms with Gasteiger partial charge in [-0.2, -0.15) is 0 Å². The maximum Gasteiger partial charge on any atom is 0.224 e. The molecular weight excluding hydrogens is 314 g/mol. The molecular formula is C17H23NO4S. The molecule has 2 N–H and O–H groups in total. The van der Waals surface area contributed by atoms with E-state index in [1.54, 1.807) is 6.92 Å². The highest BCUT2D eigenvalue weighted by Gasteiger charge is 2.40. The first-order valence-corrected chi connectivity index (χ1v) is 9.90. The normalized spacial score (nSPS) is 26.4. The second kappa shape index (κ2) is 6.15. The smallest absolute Gasteiger partial charge is 0.224 e. The van der Waals surface area contributed by atoms with Gasteiger partial charge in [0, 0.05) is 6.42 Å². The number of amides is 1. The molecule has 0 unspecified atom stereocenters. The van der Waals surface area contributed by atoms with Crippen molar-refractivity contribution in [2.45, 2.75) is 43.9 Å². The Morgan fingerprint density at radius 2 is 2.09 bits per heavy atom. The molecule has 2 bridgehead atoms. The fraction of sp³-hybridized carbons (Fsp3) is 0.588. The Bertz CT molecular complexity index is 713. The van der Waals surface area contributed by atoms with Crippen molar-refractivity contribution in [2.75, 3.05) is 11.1 Å². The molecule has 2 aliphatic carbocycles. The number of phenolic OH excluding ortho intramolecular Hbond substituents is 1. The zero-order chi connectivity index (χ0) is 16.6. The fourth-order valence-corrected chi connectivity index (χ4v) is 4.95. The van der Waals surface area contributed by atoms with E-state index in [9.17, 15) is 18.3 Å². The van der Waals surface area contributed by atoms with Crippen molar-refractivity contribution in [3.8, 4) is 5.75 Å². The fourth-order valence-electron chi connectivity index (χ4n) is 4.04. The summed E-state index contributed by atoms with van der Waals surface area (Å²) in [6.45, 7) is 1.57. The van der Waals surface area contributed by atoms with Gasteiger partial charge < -0.3 is 10.4 Å². The van der Waals surface area contributed by atoms with Gasteiger partial charge in [-0.15, -0.1) is 0 Å². The number of hydrogen-bond donors (Lipinski definition) is 2. The maximum absolute atomic E-state index is 12.3. The number of benzene rings is 1. The van der Waals surface area contributed by atoms with E-state index in [-0.39, 0.29) is 28.0 Å². The predicted octanol–water partition coefficient (Wildman–Crippen LogP) is 2.95. The Morgan fingerprint density at radius 3 is 2.70 bits per heavy atom. The molecule has 2 aliphatic rings. The molecule has 3 rings (SSSR count). The molecule has 1 aromatic carbocycles. The lowest BCUT2D eigenvalue weighted by molar-refractivity contribution is -0.117. The number of aromatic hydroxyl groups is 1. The van der Waals surface area contributed by atoms with Crippen molar-refractivity contribution in [1.82, 2.24) is 0 Å². The van der Waals surface area contributed by atoms with Crippen LogP contribution >= 0.6 is 0 Å². The van der Waals surface area contributed by atoms with E-state index >= 15 is 0 Å². The molecule has 5 nitrogen and oxygen atoms in total. The molecule has 2 fully saturated rings. The van der Waals surface area contributed by atoms with Gasteiger partial charge in [-0.05, 0) is 55.2 Å². The van der Waals surface area contributed by atoms with Gasteiger partial charge >= 0.3 is 0 Å². The highest BCUT2D eigenvalue weighted by atomic mass is 32.2. The number of carbonyl (C=O) groups is 1. The van der Waals surface area contributed by atoms with Crippen LogP contribution in [0.2, 0.25) is 0 Å². The van der Waals surface area contributed by atoms with Gasteiger partial charge in [0.2, 0.25) is 5.91 Å². The molecule has 2 saturated carbocycles. The van der Waals surface area contributed by atoms with Crippen LogP contribution in [0.25, 0.3) is 0 Å². The summed E-state index contributed by atoms with van der Waals surface area (Å²) in [7, 11) is -3.36. The van der Waals surface area contributed by atoms with E-state index < -0.39 is 9.84 Å². The number of sulfone groups is 1. The third-order valence-corrected chi connectivity index (χ3v) is 7.05. The zero-order valence-corrected chi connectivity index (χ0v) is 14.1. The van der Waals surface area contributed by atoms with Gasteiger partial charge in [-0.3, -0.25) is 4.79 Å². The lowest BCUT2D eigenvalue weighted by Gasteiger charge is -2.21. The molecule has 0 aromatic heterocycles. The Labute approximate surface area is 137 Å². The second-order valence-electron chi connectivity index (χ2n) is 6.77. The second-order valence-corrected chi connectivity index (χ2v) is 9.05. The largest absolute Gasteiger partial charge is 0.506 e.